The third-order valence-electron chi connectivity index (χ3n) is 4.79. The number of ketones is 1. The Morgan fingerprint density at radius 2 is 1.71 bits per heavy atom. The quantitative estimate of drug-likeness (QED) is 0.432. The molecule has 0 fully saturated rings. The lowest BCUT2D eigenvalue weighted by Gasteiger charge is -2.37. The van der Waals surface area contributed by atoms with Gasteiger partial charge in [-0.2, -0.15) is 9.59 Å². The van der Waals surface area contributed by atoms with Crippen LogP contribution in [0.25, 0.3) is 0 Å². The van der Waals surface area contributed by atoms with E-state index in [9.17, 15) is 9.59 Å². The number of hydrogen-bond acceptors (Lipinski definition) is 7. The molecule has 2 rings (SSSR count). The van der Waals surface area contributed by atoms with Gasteiger partial charge in [0.15, 0.2) is 5.76 Å². The van der Waals surface area contributed by atoms with E-state index in [0.717, 1.165) is 18.5 Å². The molecule has 1 aromatic carbocycles. The van der Waals surface area contributed by atoms with Gasteiger partial charge in [0.05, 0.1) is 12.4 Å². The van der Waals surface area contributed by atoms with E-state index in [0.29, 0.717) is 0 Å². The highest BCUT2D eigenvalue weighted by Crippen LogP contribution is 2.31. The van der Waals surface area contributed by atoms with Crippen LogP contribution < -0.4 is 5.32 Å². The minimum absolute atomic E-state index is 0.0551. The number of hydrogen-bond donors (Lipinski definition) is 1. The molecule has 0 saturated heterocycles. The summed E-state index contributed by atoms with van der Waals surface area (Å²) in [5.74, 6) is -0.625. The van der Waals surface area contributed by atoms with Gasteiger partial charge >= 0.3 is 12.1 Å². The summed E-state index contributed by atoms with van der Waals surface area (Å²) in [5.41, 5.74) is 0.821. The second kappa shape index (κ2) is 12.5. The topological polar surface area (TPSA) is 103 Å². The van der Waals surface area contributed by atoms with Crippen molar-refractivity contribution in [2.45, 2.75) is 65.5 Å². The number of benzene rings is 1. The van der Waals surface area contributed by atoms with Gasteiger partial charge in [-0.15, -0.1) is 0 Å². The predicted octanol–water partition coefficient (Wildman–Crippen LogP) is 4.68. The number of esters is 1. The predicted molar refractivity (Wildman–Crippen MR) is 116 cm³/mol. The molecule has 1 heterocycles. The van der Waals surface area contributed by atoms with E-state index in [1.807, 2.05) is 38.1 Å². The molecule has 0 amide bonds. The highest BCUT2D eigenvalue weighted by Gasteiger charge is 2.46. The Kier molecular flexibility index (Phi) is 10.4. The molecular formula is C24H31NO6. The molecule has 7 heteroatoms. The van der Waals surface area contributed by atoms with Crippen molar-refractivity contribution in [1.82, 2.24) is 0 Å². The summed E-state index contributed by atoms with van der Waals surface area (Å²) in [7, 11) is 0. The Balaban J connectivity index is 0.00000151. The average Bonchev–Trinajstić information content (AvgIpc) is 3.24. The van der Waals surface area contributed by atoms with Crippen LogP contribution in [0.5, 0.6) is 0 Å². The van der Waals surface area contributed by atoms with Crippen LogP contribution in [0.4, 0.5) is 5.69 Å². The summed E-state index contributed by atoms with van der Waals surface area (Å²) in [6.07, 6.45) is 3.44. The van der Waals surface area contributed by atoms with Crippen LogP contribution in [0.2, 0.25) is 0 Å². The van der Waals surface area contributed by atoms with E-state index >= 15 is 0 Å². The van der Waals surface area contributed by atoms with Crippen molar-refractivity contribution in [1.29, 1.82) is 0 Å². The molecule has 0 radical (unpaired) electrons. The summed E-state index contributed by atoms with van der Waals surface area (Å²) < 4.78 is 10.8. The third kappa shape index (κ3) is 7.54. The maximum atomic E-state index is 13.1. The molecule has 0 aliphatic rings. The monoisotopic (exact) mass is 429 g/mol. The molecule has 1 N–H and O–H groups in total. The first-order valence-corrected chi connectivity index (χ1v) is 10.3. The molecular weight excluding hydrogens is 398 g/mol. The van der Waals surface area contributed by atoms with Crippen LogP contribution in [-0.2, 0) is 25.5 Å². The van der Waals surface area contributed by atoms with E-state index in [-0.39, 0.29) is 36.1 Å². The number of Topliss-reactive ketones (excluding diaryl/α,β-unsaturated/α-hetero) is 1. The van der Waals surface area contributed by atoms with E-state index < -0.39 is 11.5 Å². The van der Waals surface area contributed by atoms with E-state index in [4.69, 9.17) is 18.7 Å². The van der Waals surface area contributed by atoms with E-state index in [1.165, 1.54) is 11.8 Å². The molecule has 2 aromatic rings. The number of carbonyl (C=O) groups excluding carboxylic acids is 4. The second-order valence-electron chi connectivity index (χ2n) is 7.81. The Morgan fingerprint density at radius 3 is 2.16 bits per heavy atom. The first-order valence-electron chi connectivity index (χ1n) is 10.3. The fourth-order valence-electron chi connectivity index (χ4n) is 3.15. The molecule has 168 valence electrons. The zero-order chi connectivity index (χ0) is 23.4. The average molecular weight is 430 g/mol. The maximum absolute atomic E-state index is 13.1. The molecule has 1 unspecified atom stereocenters. The number of anilines is 1. The van der Waals surface area contributed by atoms with Gasteiger partial charge in [0, 0.05) is 12.1 Å². The van der Waals surface area contributed by atoms with Crippen LogP contribution in [0.1, 0.15) is 63.6 Å². The maximum Gasteiger partial charge on any atom is 0.373 e. The molecule has 0 aliphatic heterocycles. The van der Waals surface area contributed by atoms with Crippen molar-refractivity contribution in [3.05, 3.63) is 54.0 Å². The molecule has 31 heavy (non-hydrogen) atoms. The Bertz CT molecular complexity index is 849. The Hall–Kier alpha value is -3.18. The SMILES string of the molecule is CCCc1ccc(NC(CC(=O)c2ccco2)(C(=O)OC(C)C)C(C)C)cc1.O=C=O. The smallest absolute Gasteiger partial charge is 0.373 e. The van der Waals surface area contributed by atoms with Crippen LogP contribution in [0, 0.1) is 5.92 Å². The summed E-state index contributed by atoms with van der Waals surface area (Å²) in [6.45, 7) is 9.57. The van der Waals surface area contributed by atoms with Crippen molar-refractivity contribution in [2.24, 2.45) is 5.92 Å². The summed E-state index contributed by atoms with van der Waals surface area (Å²) in [6, 6.07) is 11.2. The standard InChI is InChI=1S/C23H31NO4.CO2/c1-6-8-18-10-12-19(13-11-18)24-23(16(2)3,22(26)28-17(4)5)15-20(25)21-9-7-14-27-21;2-1-3/h7,9-14,16-17,24H,6,8,15H2,1-5H3;. The molecule has 0 bridgehead atoms. The molecule has 0 spiro atoms. The lowest BCUT2D eigenvalue weighted by atomic mass is 9.80. The van der Waals surface area contributed by atoms with Crippen LogP contribution in [-0.4, -0.2) is 29.5 Å². The van der Waals surface area contributed by atoms with Gasteiger partial charge in [-0.3, -0.25) is 4.79 Å². The van der Waals surface area contributed by atoms with Crippen molar-refractivity contribution < 1.29 is 28.3 Å². The fourth-order valence-corrected chi connectivity index (χ4v) is 3.15. The van der Waals surface area contributed by atoms with E-state index in [2.05, 4.69) is 12.2 Å². The Morgan fingerprint density at radius 1 is 1.10 bits per heavy atom. The number of nitrogens with one attached hydrogen (secondary N) is 1. The van der Waals surface area contributed by atoms with Crippen molar-refractivity contribution in [2.75, 3.05) is 5.32 Å². The second-order valence-corrected chi connectivity index (χ2v) is 7.81. The largest absolute Gasteiger partial charge is 0.461 e. The van der Waals surface area contributed by atoms with Gasteiger partial charge in [-0.1, -0.05) is 39.3 Å². The fraction of sp³-hybridized carbons (Fsp3) is 0.458. The van der Waals surface area contributed by atoms with Crippen LogP contribution >= 0.6 is 0 Å². The molecule has 0 saturated carbocycles. The number of ether oxygens (including phenoxy) is 1. The lowest BCUT2D eigenvalue weighted by Crippen LogP contribution is -2.54. The van der Waals surface area contributed by atoms with Crippen molar-refractivity contribution >= 4 is 23.6 Å². The first-order chi connectivity index (χ1) is 14.7. The van der Waals surface area contributed by atoms with Crippen molar-refractivity contribution in [3.63, 3.8) is 0 Å². The van der Waals surface area contributed by atoms with E-state index in [1.54, 1.807) is 26.0 Å². The van der Waals surface area contributed by atoms with Gasteiger partial charge in [0.1, 0.15) is 5.54 Å². The Labute approximate surface area is 183 Å². The highest BCUT2D eigenvalue weighted by molar-refractivity contribution is 5.99. The highest BCUT2D eigenvalue weighted by atomic mass is 16.5. The molecule has 1 atom stereocenters. The van der Waals surface area contributed by atoms with Gasteiger partial charge in [0.25, 0.3) is 0 Å². The minimum Gasteiger partial charge on any atom is -0.461 e. The van der Waals surface area contributed by atoms with Crippen molar-refractivity contribution in [3.8, 4) is 0 Å². The van der Waals surface area contributed by atoms with Gasteiger partial charge < -0.3 is 14.5 Å². The summed E-state index contributed by atoms with van der Waals surface area (Å²) >= 11 is 0. The van der Waals surface area contributed by atoms with Gasteiger partial charge in [0.2, 0.25) is 5.78 Å². The first kappa shape index (κ1) is 25.9. The zero-order valence-electron chi connectivity index (χ0n) is 18.8. The lowest BCUT2D eigenvalue weighted by molar-refractivity contribution is -0.191. The summed E-state index contributed by atoms with van der Waals surface area (Å²) in [5, 5.41) is 3.32. The third-order valence-corrected chi connectivity index (χ3v) is 4.79. The normalized spacial score (nSPS) is 12.4. The number of aryl methyl sites for hydroxylation is 1. The van der Waals surface area contributed by atoms with Gasteiger partial charge in [-0.05, 0) is 56.0 Å². The minimum atomic E-state index is -1.19. The molecule has 0 aliphatic carbocycles. The number of furan rings is 1. The van der Waals surface area contributed by atoms with Gasteiger partial charge in [-0.25, -0.2) is 4.79 Å². The van der Waals surface area contributed by atoms with Crippen LogP contribution in [0.15, 0.2) is 47.1 Å². The summed E-state index contributed by atoms with van der Waals surface area (Å²) in [4.78, 5) is 42.2. The molecule has 7 nitrogen and oxygen atoms in total. The van der Waals surface area contributed by atoms with Crippen LogP contribution in [0.3, 0.4) is 0 Å². The number of carbonyl (C=O) groups is 2. The zero-order valence-corrected chi connectivity index (χ0v) is 18.8. The number of rotatable bonds is 10. The molecule has 1 aromatic heterocycles.